The number of carboxylic acid groups (broad SMARTS) is 1. The van der Waals surface area contributed by atoms with Crippen molar-refractivity contribution in [2.45, 2.75) is 31.0 Å². The summed E-state index contributed by atoms with van der Waals surface area (Å²) < 4.78 is 0. The number of carbonyl (C=O) groups excluding carboxylic acids is 3. The van der Waals surface area contributed by atoms with Crippen LogP contribution in [0.2, 0.25) is 0 Å². The van der Waals surface area contributed by atoms with E-state index in [0.29, 0.717) is 12.2 Å². The van der Waals surface area contributed by atoms with Gasteiger partial charge in [0.1, 0.15) is 18.1 Å². The summed E-state index contributed by atoms with van der Waals surface area (Å²) in [6.45, 7) is -0.270. The molecule has 12 heteroatoms. The number of thioether (sulfide) groups is 1. The van der Waals surface area contributed by atoms with E-state index in [1.54, 1.807) is 6.20 Å². The highest BCUT2D eigenvalue weighted by Gasteiger charge is 2.29. The molecule has 1 aromatic carbocycles. The van der Waals surface area contributed by atoms with Crippen LogP contribution in [0.5, 0.6) is 0 Å². The third-order valence-corrected chi connectivity index (χ3v) is 5.99. The number of amides is 3. The van der Waals surface area contributed by atoms with Crippen LogP contribution in [0.15, 0.2) is 30.5 Å². The van der Waals surface area contributed by atoms with E-state index in [-0.39, 0.29) is 18.7 Å². The van der Waals surface area contributed by atoms with Gasteiger partial charge in [0.2, 0.25) is 17.7 Å². The van der Waals surface area contributed by atoms with Crippen molar-refractivity contribution in [1.29, 1.82) is 0 Å². The molecule has 0 aliphatic carbocycles. The highest BCUT2D eigenvalue weighted by atomic mass is 32.2. The van der Waals surface area contributed by atoms with Gasteiger partial charge in [0.15, 0.2) is 0 Å². The highest BCUT2D eigenvalue weighted by molar-refractivity contribution is 7.98. The number of para-hydroxylation sites is 1. The Morgan fingerprint density at radius 1 is 1.09 bits per heavy atom. The molecule has 0 aliphatic heterocycles. The van der Waals surface area contributed by atoms with Crippen molar-refractivity contribution in [3.8, 4) is 0 Å². The van der Waals surface area contributed by atoms with Gasteiger partial charge in [0.25, 0.3) is 0 Å². The van der Waals surface area contributed by atoms with Gasteiger partial charge in [0, 0.05) is 29.3 Å². The molecule has 10 nitrogen and oxygen atoms in total. The van der Waals surface area contributed by atoms with Crippen molar-refractivity contribution >= 4 is 59.0 Å². The molecular weight excluding hydrogens is 466 g/mol. The van der Waals surface area contributed by atoms with Gasteiger partial charge in [0.05, 0.1) is 6.54 Å². The molecule has 3 atom stereocenters. The van der Waals surface area contributed by atoms with E-state index in [4.69, 9.17) is 5.73 Å². The number of aromatic nitrogens is 1. The maximum absolute atomic E-state index is 12.8. The van der Waals surface area contributed by atoms with E-state index < -0.39 is 41.8 Å². The summed E-state index contributed by atoms with van der Waals surface area (Å²) in [6.07, 6.45) is 3.98. The Bertz CT molecular complexity index is 983. The van der Waals surface area contributed by atoms with Crippen LogP contribution in [0.3, 0.4) is 0 Å². The zero-order valence-electron chi connectivity index (χ0n) is 18.2. The molecular formula is C21H29N5O5S2. The second-order valence-electron chi connectivity index (χ2n) is 7.31. The van der Waals surface area contributed by atoms with Crippen LogP contribution in [0.25, 0.3) is 10.9 Å². The Morgan fingerprint density at radius 2 is 1.76 bits per heavy atom. The van der Waals surface area contributed by atoms with Crippen LogP contribution in [-0.4, -0.2) is 76.2 Å². The third-order valence-electron chi connectivity index (χ3n) is 4.98. The molecule has 0 aliphatic rings. The van der Waals surface area contributed by atoms with Gasteiger partial charge in [-0.3, -0.25) is 14.4 Å². The number of nitrogens with two attached hydrogens (primary N) is 1. The quantitative estimate of drug-likeness (QED) is 0.190. The van der Waals surface area contributed by atoms with Crippen LogP contribution in [0, 0.1) is 0 Å². The van der Waals surface area contributed by atoms with Gasteiger partial charge in [-0.25, -0.2) is 4.79 Å². The molecule has 0 saturated heterocycles. The lowest BCUT2D eigenvalue weighted by Crippen LogP contribution is -2.57. The minimum Gasteiger partial charge on any atom is -0.480 e. The van der Waals surface area contributed by atoms with E-state index >= 15 is 0 Å². The minimum absolute atomic E-state index is 0.0568. The predicted octanol–water partition coefficient (Wildman–Crippen LogP) is -0.109. The lowest BCUT2D eigenvalue weighted by atomic mass is 10.0. The SMILES string of the molecule is CSCCC(NC(=O)CN)C(=O)NC(CS)C(=O)NC(Cc1c[nH]c2ccccc12)C(=O)O. The number of thiol groups is 1. The fourth-order valence-electron chi connectivity index (χ4n) is 3.22. The van der Waals surface area contributed by atoms with Crippen LogP contribution in [0.4, 0.5) is 0 Å². The first-order valence-electron chi connectivity index (χ1n) is 10.3. The number of hydrogen-bond acceptors (Lipinski definition) is 7. The Hall–Kier alpha value is -2.70. The number of carboxylic acids is 1. The topological polar surface area (TPSA) is 166 Å². The van der Waals surface area contributed by atoms with Gasteiger partial charge in [-0.2, -0.15) is 24.4 Å². The Labute approximate surface area is 201 Å². The van der Waals surface area contributed by atoms with E-state index in [9.17, 15) is 24.3 Å². The number of fused-ring (bicyclic) bond motifs is 1. The lowest BCUT2D eigenvalue weighted by molar-refractivity contribution is -0.142. The summed E-state index contributed by atoms with van der Waals surface area (Å²) in [5.41, 5.74) is 6.92. The molecule has 0 radical (unpaired) electrons. The summed E-state index contributed by atoms with van der Waals surface area (Å²) >= 11 is 5.63. The second-order valence-corrected chi connectivity index (χ2v) is 8.66. The average molecular weight is 496 g/mol. The number of aromatic amines is 1. The molecule has 1 heterocycles. The van der Waals surface area contributed by atoms with Gasteiger partial charge < -0.3 is 31.8 Å². The Balaban J connectivity index is 2.07. The molecule has 33 heavy (non-hydrogen) atoms. The predicted molar refractivity (Wildman–Crippen MR) is 131 cm³/mol. The van der Waals surface area contributed by atoms with Gasteiger partial charge >= 0.3 is 5.97 Å². The maximum Gasteiger partial charge on any atom is 0.326 e. The molecule has 7 N–H and O–H groups in total. The van der Waals surface area contributed by atoms with E-state index in [0.717, 1.165) is 16.5 Å². The molecule has 2 rings (SSSR count). The van der Waals surface area contributed by atoms with E-state index in [1.807, 2.05) is 30.5 Å². The zero-order valence-corrected chi connectivity index (χ0v) is 19.9. The van der Waals surface area contributed by atoms with Crippen LogP contribution in [0.1, 0.15) is 12.0 Å². The van der Waals surface area contributed by atoms with Gasteiger partial charge in [-0.15, -0.1) is 0 Å². The first-order valence-corrected chi connectivity index (χ1v) is 12.3. The Kier molecular flexibility index (Phi) is 10.6. The summed E-state index contributed by atoms with van der Waals surface area (Å²) in [5.74, 6) is -2.40. The fourth-order valence-corrected chi connectivity index (χ4v) is 3.95. The fraction of sp³-hybridized carbons (Fsp3) is 0.429. The van der Waals surface area contributed by atoms with E-state index in [1.165, 1.54) is 11.8 Å². The van der Waals surface area contributed by atoms with Crippen molar-refractivity contribution in [3.63, 3.8) is 0 Å². The molecule has 2 aromatic rings. The molecule has 3 amide bonds. The standard InChI is InChI=1S/C21H29N5O5S2/c1-33-7-6-15(24-18(27)9-22)19(28)26-17(11-32)20(29)25-16(21(30)31)8-12-10-23-14-5-3-2-4-13(12)14/h2-5,10,15-17,23,32H,6-9,11,22H2,1H3,(H,24,27)(H,25,29)(H,26,28)(H,30,31). The second kappa shape index (κ2) is 13.1. The van der Waals surface area contributed by atoms with Gasteiger partial charge in [-0.1, -0.05) is 18.2 Å². The van der Waals surface area contributed by atoms with E-state index in [2.05, 4.69) is 33.6 Å². The third kappa shape index (κ3) is 7.69. The summed E-state index contributed by atoms with van der Waals surface area (Å²) in [7, 11) is 0. The molecule has 0 saturated carbocycles. The lowest BCUT2D eigenvalue weighted by Gasteiger charge is -2.23. The van der Waals surface area contributed by atoms with Crippen molar-refractivity contribution in [2.75, 3.05) is 24.3 Å². The van der Waals surface area contributed by atoms with Crippen molar-refractivity contribution in [1.82, 2.24) is 20.9 Å². The summed E-state index contributed by atoms with van der Waals surface area (Å²) in [6, 6.07) is 4.28. The number of carbonyl (C=O) groups is 4. The van der Waals surface area contributed by atoms with Crippen LogP contribution >= 0.6 is 24.4 Å². The smallest absolute Gasteiger partial charge is 0.326 e. The highest BCUT2D eigenvalue weighted by Crippen LogP contribution is 2.19. The van der Waals surface area contributed by atoms with Crippen LogP contribution < -0.4 is 21.7 Å². The summed E-state index contributed by atoms with van der Waals surface area (Å²) in [5, 5.41) is 18.1. The molecule has 0 bridgehead atoms. The molecule has 1 aromatic heterocycles. The molecule has 180 valence electrons. The number of benzene rings is 1. The maximum atomic E-state index is 12.8. The number of nitrogens with one attached hydrogen (secondary N) is 4. The van der Waals surface area contributed by atoms with Gasteiger partial charge in [-0.05, 0) is 30.1 Å². The first kappa shape index (κ1) is 26.6. The summed E-state index contributed by atoms with van der Waals surface area (Å²) in [4.78, 5) is 52.0. The van der Waals surface area contributed by atoms with Crippen molar-refractivity contribution < 1.29 is 24.3 Å². The number of H-pyrrole nitrogens is 1. The number of aliphatic carboxylic acids is 1. The van der Waals surface area contributed by atoms with Crippen LogP contribution in [-0.2, 0) is 25.6 Å². The molecule has 0 spiro atoms. The number of rotatable bonds is 13. The van der Waals surface area contributed by atoms with Crippen molar-refractivity contribution in [3.05, 3.63) is 36.0 Å². The zero-order chi connectivity index (χ0) is 24.4. The largest absolute Gasteiger partial charge is 0.480 e. The Morgan fingerprint density at radius 3 is 2.39 bits per heavy atom. The first-order chi connectivity index (χ1) is 15.8. The minimum atomic E-state index is -1.21. The number of hydrogen-bond donors (Lipinski definition) is 7. The molecule has 3 unspecified atom stereocenters. The van der Waals surface area contributed by atoms with Crippen molar-refractivity contribution in [2.24, 2.45) is 5.73 Å². The average Bonchev–Trinajstić information content (AvgIpc) is 3.21. The normalized spacial score (nSPS) is 13.7. The monoisotopic (exact) mass is 495 g/mol. The molecule has 0 fully saturated rings.